The maximum atomic E-state index is 10.4. The summed E-state index contributed by atoms with van der Waals surface area (Å²) in [6, 6.07) is 0. The summed E-state index contributed by atoms with van der Waals surface area (Å²) in [4.78, 5) is 10.4. The number of aldehydes is 1. The highest BCUT2D eigenvalue weighted by Crippen LogP contribution is 2.29. The van der Waals surface area contributed by atoms with Gasteiger partial charge in [0.25, 0.3) is 0 Å². The third-order valence-corrected chi connectivity index (χ3v) is 2.02. The van der Waals surface area contributed by atoms with E-state index in [-0.39, 0.29) is 5.41 Å². The average molecular weight is 193 g/mol. The molecule has 52 valence electrons. The van der Waals surface area contributed by atoms with E-state index in [4.69, 9.17) is 4.74 Å². The monoisotopic (exact) mass is 192 g/mol. The lowest BCUT2D eigenvalue weighted by Gasteiger charge is -2.35. The Bertz CT molecular complexity index is 110. The first-order chi connectivity index (χ1) is 4.33. The SMILES string of the molecule is O=CC1(CCBr)COC1. The predicted octanol–water partition coefficient (Wildman–Crippen LogP) is 0.987. The highest BCUT2D eigenvalue weighted by Gasteiger charge is 2.37. The van der Waals surface area contributed by atoms with Crippen molar-refractivity contribution in [3.05, 3.63) is 0 Å². The molecule has 1 aliphatic heterocycles. The fourth-order valence-corrected chi connectivity index (χ4v) is 1.61. The van der Waals surface area contributed by atoms with Crippen LogP contribution < -0.4 is 0 Å². The van der Waals surface area contributed by atoms with Crippen LogP contribution >= 0.6 is 15.9 Å². The molecule has 1 aliphatic rings. The van der Waals surface area contributed by atoms with Gasteiger partial charge in [0, 0.05) is 5.33 Å². The van der Waals surface area contributed by atoms with E-state index in [1.165, 1.54) is 0 Å². The van der Waals surface area contributed by atoms with Crippen LogP contribution in [0, 0.1) is 5.41 Å². The molecule has 2 nitrogen and oxygen atoms in total. The molecule has 1 rings (SSSR count). The maximum Gasteiger partial charge on any atom is 0.130 e. The smallest absolute Gasteiger partial charge is 0.130 e. The lowest BCUT2D eigenvalue weighted by Crippen LogP contribution is -2.44. The summed E-state index contributed by atoms with van der Waals surface area (Å²) in [5.74, 6) is 0. The van der Waals surface area contributed by atoms with Crippen LogP contribution in [0.25, 0.3) is 0 Å². The molecular weight excluding hydrogens is 184 g/mol. The van der Waals surface area contributed by atoms with E-state index < -0.39 is 0 Å². The number of hydrogen-bond donors (Lipinski definition) is 0. The van der Waals surface area contributed by atoms with Gasteiger partial charge in [-0.15, -0.1) is 0 Å². The molecule has 0 aromatic carbocycles. The number of ether oxygens (including phenoxy) is 1. The lowest BCUT2D eigenvalue weighted by atomic mass is 9.85. The van der Waals surface area contributed by atoms with E-state index in [0.717, 1.165) is 18.0 Å². The second-order valence-corrected chi connectivity index (χ2v) is 3.21. The predicted molar refractivity (Wildman–Crippen MR) is 37.7 cm³/mol. The molecule has 0 atom stereocenters. The Balaban J connectivity index is 2.37. The first-order valence-electron chi connectivity index (χ1n) is 2.93. The molecule has 0 saturated carbocycles. The average Bonchev–Trinajstić information content (AvgIpc) is 1.79. The molecule has 0 spiro atoms. The molecule has 0 amide bonds. The van der Waals surface area contributed by atoms with Crippen molar-refractivity contribution in [1.82, 2.24) is 0 Å². The van der Waals surface area contributed by atoms with Gasteiger partial charge in [0.1, 0.15) is 6.29 Å². The van der Waals surface area contributed by atoms with E-state index >= 15 is 0 Å². The molecular formula is C6H9BrO2. The van der Waals surface area contributed by atoms with Gasteiger partial charge in [-0.2, -0.15) is 0 Å². The van der Waals surface area contributed by atoms with Crippen molar-refractivity contribution in [3.63, 3.8) is 0 Å². The molecule has 9 heavy (non-hydrogen) atoms. The number of rotatable bonds is 3. The van der Waals surface area contributed by atoms with Crippen molar-refractivity contribution in [3.8, 4) is 0 Å². The third kappa shape index (κ3) is 1.33. The van der Waals surface area contributed by atoms with Gasteiger partial charge < -0.3 is 9.53 Å². The largest absolute Gasteiger partial charge is 0.379 e. The van der Waals surface area contributed by atoms with Gasteiger partial charge in [0.2, 0.25) is 0 Å². The molecule has 0 aromatic heterocycles. The van der Waals surface area contributed by atoms with Gasteiger partial charge in [0.15, 0.2) is 0 Å². The summed E-state index contributed by atoms with van der Waals surface area (Å²) in [5.41, 5.74) is -0.135. The summed E-state index contributed by atoms with van der Waals surface area (Å²) in [6.45, 7) is 1.23. The van der Waals surface area contributed by atoms with Gasteiger partial charge in [-0.1, -0.05) is 15.9 Å². The molecule has 0 radical (unpaired) electrons. The van der Waals surface area contributed by atoms with E-state index in [1.807, 2.05) is 0 Å². The van der Waals surface area contributed by atoms with Crippen molar-refractivity contribution < 1.29 is 9.53 Å². The number of hydrogen-bond acceptors (Lipinski definition) is 2. The van der Waals surface area contributed by atoms with Crippen molar-refractivity contribution in [2.45, 2.75) is 6.42 Å². The Morgan fingerprint density at radius 2 is 2.33 bits per heavy atom. The fourth-order valence-electron chi connectivity index (χ4n) is 0.824. The zero-order valence-corrected chi connectivity index (χ0v) is 6.69. The minimum atomic E-state index is -0.135. The summed E-state index contributed by atoms with van der Waals surface area (Å²) in [6.07, 6.45) is 1.91. The van der Waals surface area contributed by atoms with E-state index in [9.17, 15) is 4.79 Å². The Labute approximate surface area is 62.7 Å². The number of alkyl halides is 1. The summed E-state index contributed by atoms with van der Waals surface area (Å²) in [5, 5.41) is 0.884. The molecule has 0 unspecified atom stereocenters. The van der Waals surface area contributed by atoms with Gasteiger partial charge in [0.05, 0.1) is 18.6 Å². The minimum Gasteiger partial charge on any atom is -0.379 e. The Morgan fingerprint density at radius 1 is 1.67 bits per heavy atom. The molecule has 0 N–H and O–H groups in total. The van der Waals surface area contributed by atoms with Crippen molar-refractivity contribution in [1.29, 1.82) is 0 Å². The standard InChI is InChI=1S/C6H9BrO2/c7-2-1-6(3-8)4-9-5-6/h3H,1-2,4-5H2. The second-order valence-electron chi connectivity index (χ2n) is 2.41. The third-order valence-electron chi connectivity index (χ3n) is 1.62. The van der Waals surface area contributed by atoms with Crippen LogP contribution in [0.1, 0.15) is 6.42 Å². The van der Waals surface area contributed by atoms with Crippen molar-refractivity contribution in [2.75, 3.05) is 18.5 Å². The lowest BCUT2D eigenvalue weighted by molar-refractivity contribution is -0.146. The number of halogens is 1. The fraction of sp³-hybridized carbons (Fsp3) is 0.833. The van der Waals surface area contributed by atoms with Gasteiger partial charge >= 0.3 is 0 Å². The van der Waals surface area contributed by atoms with E-state index in [2.05, 4.69) is 15.9 Å². The van der Waals surface area contributed by atoms with E-state index in [1.54, 1.807) is 0 Å². The van der Waals surface area contributed by atoms with Crippen molar-refractivity contribution in [2.24, 2.45) is 5.41 Å². The molecule has 0 aromatic rings. The Morgan fingerprint density at radius 3 is 2.44 bits per heavy atom. The van der Waals surface area contributed by atoms with Gasteiger partial charge in [-0.05, 0) is 6.42 Å². The number of carbonyl (C=O) groups excluding carboxylic acids is 1. The van der Waals surface area contributed by atoms with Gasteiger partial charge in [-0.3, -0.25) is 0 Å². The van der Waals surface area contributed by atoms with Crippen LogP contribution in [0.5, 0.6) is 0 Å². The zero-order valence-electron chi connectivity index (χ0n) is 5.10. The quantitative estimate of drug-likeness (QED) is 0.493. The highest BCUT2D eigenvalue weighted by atomic mass is 79.9. The van der Waals surface area contributed by atoms with Gasteiger partial charge in [-0.25, -0.2) is 0 Å². The molecule has 0 aliphatic carbocycles. The first kappa shape index (κ1) is 7.22. The summed E-state index contributed by atoms with van der Waals surface area (Å²) >= 11 is 3.29. The second kappa shape index (κ2) is 2.80. The Kier molecular flexibility index (Phi) is 2.24. The van der Waals surface area contributed by atoms with Crippen LogP contribution in [0.3, 0.4) is 0 Å². The molecule has 1 saturated heterocycles. The van der Waals surface area contributed by atoms with Crippen molar-refractivity contribution >= 4 is 22.2 Å². The van der Waals surface area contributed by atoms with Crippen LogP contribution in [0.2, 0.25) is 0 Å². The molecule has 0 bridgehead atoms. The maximum absolute atomic E-state index is 10.4. The Hall–Kier alpha value is 0.110. The number of carbonyl (C=O) groups is 1. The van der Waals surface area contributed by atoms with Crippen LogP contribution in [-0.4, -0.2) is 24.8 Å². The summed E-state index contributed by atoms with van der Waals surface area (Å²) in [7, 11) is 0. The zero-order chi connectivity index (χ0) is 6.74. The molecule has 1 fully saturated rings. The van der Waals surface area contributed by atoms with Crippen LogP contribution in [0.4, 0.5) is 0 Å². The first-order valence-corrected chi connectivity index (χ1v) is 4.05. The van der Waals surface area contributed by atoms with Crippen LogP contribution in [0.15, 0.2) is 0 Å². The molecule has 1 heterocycles. The molecule has 3 heteroatoms. The normalized spacial score (nSPS) is 22.8. The van der Waals surface area contributed by atoms with E-state index in [0.29, 0.717) is 13.2 Å². The summed E-state index contributed by atoms with van der Waals surface area (Å²) < 4.78 is 4.93. The minimum absolute atomic E-state index is 0.135. The van der Waals surface area contributed by atoms with Crippen LogP contribution in [-0.2, 0) is 9.53 Å². The highest BCUT2D eigenvalue weighted by molar-refractivity contribution is 9.09. The topological polar surface area (TPSA) is 26.3 Å².